The van der Waals surface area contributed by atoms with E-state index in [1.165, 1.54) is 38.5 Å². The predicted molar refractivity (Wildman–Crippen MR) is 412 cm³/mol. The molecule has 0 aliphatic rings. The first-order valence-corrected chi connectivity index (χ1v) is 42.4. The van der Waals surface area contributed by atoms with Gasteiger partial charge < -0.3 is 0 Å². The molecule has 0 aliphatic carbocycles. The first kappa shape index (κ1) is 89.6. The highest BCUT2D eigenvalue weighted by atomic mass is 32.2. The van der Waals surface area contributed by atoms with E-state index in [2.05, 4.69) is 157 Å². The Kier molecular flexibility index (Phi) is 48.9. The number of rotatable bonds is 55. The Balaban J connectivity index is 9.45. The van der Waals surface area contributed by atoms with Gasteiger partial charge in [0.2, 0.25) is 0 Å². The summed E-state index contributed by atoms with van der Waals surface area (Å²) in [6.45, 7) is 55.4. The maximum Gasteiger partial charge on any atom is 0.186 e. The van der Waals surface area contributed by atoms with Crippen molar-refractivity contribution in [2.45, 2.75) is 399 Å². The van der Waals surface area contributed by atoms with Crippen LogP contribution in [-0.4, -0.2) is 41.0 Å². The highest BCUT2D eigenvalue weighted by Crippen LogP contribution is 2.58. The molecule has 0 radical (unpaired) electrons. The normalized spacial score (nSPS) is 19.6. The molecule has 17 atom stereocenters. The zero-order chi connectivity index (χ0) is 68.7. The molecule has 0 fully saturated rings. The average Bonchev–Trinajstić information content (AvgIpc) is 0.867. The van der Waals surface area contributed by atoms with Gasteiger partial charge in [-0.25, -0.2) is 0 Å². The summed E-state index contributed by atoms with van der Waals surface area (Å²) in [5.74, 6) is 4.46. The summed E-state index contributed by atoms with van der Waals surface area (Å²) in [6.07, 6.45) is 44.2. The Morgan fingerprint density at radius 3 is 1.44 bits per heavy atom. The van der Waals surface area contributed by atoms with Crippen LogP contribution in [0.2, 0.25) is 0 Å². The Morgan fingerprint density at radius 2 is 1.01 bits per heavy atom. The molecule has 0 saturated heterocycles. The van der Waals surface area contributed by atoms with Gasteiger partial charge in [0.15, 0.2) is 20.5 Å². The number of hydrogen-bond acceptors (Lipinski definition) is 8. The van der Waals surface area contributed by atoms with Crippen LogP contribution >= 0.6 is 47.0 Å². The number of thioether (sulfide) groups is 4. The Labute approximate surface area is 580 Å². The lowest BCUT2D eigenvalue weighted by Gasteiger charge is -2.50. The van der Waals surface area contributed by atoms with Gasteiger partial charge in [-0.1, -0.05) is 312 Å². The lowest BCUT2D eigenvalue weighted by Crippen LogP contribution is -2.44. The maximum atomic E-state index is 14.5. The standard InChI is InChI=1S/C82H154O4S4/c1-25-44-52-79(40-16,71(35-11)47-28-4)59-75(87-62(21)83)60-80(41-17,72(36-12)48-29-5)53-51-77(88-63(22)84)81(42-18,73(37-13)49-30-6)57-67(56-70(34-10)68(32-8)45-26-2)55-66(58-82(43-19,90-65(24)86)74(38-14)50-31-7)54-61(20)78(89-64(23)85)76(39-15)69(33-9)46-27-3/h44,52,56,61,66-69,71-78H,25-43,45-51,53-55,57-60H2,1-24H3/b52-44+,70-56+. The molecule has 17 unspecified atom stereocenters. The molecule has 0 aromatic rings. The first-order chi connectivity index (χ1) is 42.9. The van der Waals surface area contributed by atoms with Gasteiger partial charge in [-0.2, -0.15) is 0 Å². The maximum absolute atomic E-state index is 14.5. The molecule has 0 aliphatic heterocycles. The highest BCUT2D eigenvalue weighted by molar-refractivity contribution is 8.15. The van der Waals surface area contributed by atoms with Crippen molar-refractivity contribution in [1.82, 2.24) is 0 Å². The zero-order valence-electron chi connectivity index (χ0n) is 64.3. The molecule has 0 heterocycles. The van der Waals surface area contributed by atoms with Crippen LogP contribution < -0.4 is 0 Å². The number of carbonyl (C=O) groups excluding carboxylic acids is 4. The van der Waals surface area contributed by atoms with Crippen molar-refractivity contribution in [3.63, 3.8) is 0 Å². The van der Waals surface area contributed by atoms with E-state index < -0.39 is 0 Å². The number of carbonyl (C=O) groups is 4. The topological polar surface area (TPSA) is 68.3 Å². The minimum Gasteiger partial charge on any atom is -0.288 e. The van der Waals surface area contributed by atoms with Gasteiger partial charge >= 0.3 is 0 Å². The molecule has 0 aromatic carbocycles. The van der Waals surface area contributed by atoms with E-state index in [0.29, 0.717) is 53.3 Å². The van der Waals surface area contributed by atoms with Crippen molar-refractivity contribution in [3.8, 4) is 0 Å². The van der Waals surface area contributed by atoms with Crippen LogP contribution in [-0.2, 0) is 19.2 Å². The fourth-order valence-electron chi connectivity index (χ4n) is 19.1. The summed E-state index contributed by atoms with van der Waals surface area (Å²) in [4.78, 5) is 55.8. The van der Waals surface area contributed by atoms with E-state index in [1.54, 1.807) is 52.6 Å². The van der Waals surface area contributed by atoms with Gasteiger partial charge in [0.1, 0.15) is 0 Å². The minimum atomic E-state index is -0.186. The van der Waals surface area contributed by atoms with Gasteiger partial charge in [-0.3, -0.25) is 19.2 Å². The molecule has 0 N–H and O–H groups in total. The number of hydrogen-bond donors (Lipinski definition) is 0. The lowest BCUT2D eigenvalue weighted by atomic mass is 9.59. The van der Waals surface area contributed by atoms with Gasteiger partial charge in [0, 0.05) is 48.2 Å². The summed E-state index contributed by atoms with van der Waals surface area (Å²) in [5.41, 5.74) is 1.55. The van der Waals surface area contributed by atoms with Crippen LogP contribution in [0.5, 0.6) is 0 Å². The molecule has 4 nitrogen and oxygen atoms in total. The van der Waals surface area contributed by atoms with Crippen molar-refractivity contribution in [2.24, 2.45) is 75.4 Å². The Morgan fingerprint density at radius 1 is 0.467 bits per heavy atom. The largest absolute Gasteiger partial charge is 0.288 e. The smallest absolute Gasteiger partial charge is 0.186 e. The molecule has 8 heteroatoms. The number of allylic oxidation sites excluding steroid dienone is 4. The third-order valence-corrected chi connectivity index (χ3v) is 28.7. The van der Waals surface area contributed by atoms with Crippen LogP contribution in [0.3, 0.4) is 0 Å². The third kappa shape index (κ3) is 28.6. The van der Waals surface area contributed by atoms with Crippen molar-refractivity contribution in [2.75, 3.05) is 0 Å². The van der Waals surface area contributed by atoms with Crippen LogP contribution in [0.1, 0.15) is 378 Å². The summed E-state index contributed by atoms with van der Waals surface area (Å²) in [7, 11) is 0. The molecule has 0 spiro atoms. The molecular weight excluding hydrogens is 1180 g/mol. The van der Waals surface area contributed by atoms with E-state index in [0.717, 1.165) is 173 Å². The van der Waals surface area contributed by atoms with Gasteiger partial charge in [0.05, 0.1) is 0 Å². The second kappa shape index (κ2) is 49.1. The molecule has 0 aromatic heterocycles. The Hall–Kier alpha value is -0.440. The van der Waals surface area contributed by atoms with Crippen LogP contribution in [0, 0.1) is 75.4 Å². The summed E-state index contributed by atoms with van der Waals surface area (Å²) in [5, 5.41) is 1.55. The zero-order valence-corrected chi connectivity index (χ0v) is 67.6. The van der Waals surface area contributed by atoms with Crippen LogP contribution in [0.25, 0.3) is 0 Å². The van der Waals surface area contributed by atoms with Gasteiger partial charge in [-0.15, -0.1) is 0 Å². The Bertz CT molecular complexity index is 1970. The fraction of sp³-hybridized carbons (Fsp3) is 0.902. The minimum absolute atomic E-state index is 0.00905. The van der Waals surface area contributed by atoms with Gasteiger partial charge in [0.25, 0.3) is 0 Å². The summed E-state index contributed by atoms with van der Waals surface area (Å²) < 4.78 is -0.186. The van der Waals surface area contributed by atoms with E-state index in [-0.39, 0.29) is 63.1 Å². The van der Waals surface area contributed by atoms with E-state index >= 15 is 0 Å². The molecule has 0 rings (SSSR count). The van der Waals surface area contributed by atoms with Crippen molar-refractivity contribution in [3.05, 3.63) is 23.8 Å². The summed E-state index contributed by atoms with van der Waals surface area (Å²) >= 11 is 6.72. The molecule has 90 heavy (non-hydrogen) atoms. The monoisotopic (exact) mass is 1330 g/mol. The summed E-state index contributed by atoms with van der Waals surface area (Å²) in [6, 6.07) is 0. The van der Waals surface area contributed by atoms with Crippen molar-refractivity contribution < 1.29 is 19.2 Å². The molecule has 530 valence electrons. The molecular formula is C82H154O4S4. The van der Waals surface area contributed by atoms with Crippen molar-refractivity contribution >= 4 is 67.5 Å². The third-order valence-electron chi connectivity index (χ3n) is 23.5. The van der Waals surface area contributed by atoms with Crippen LogP contribution in [0.4, 0.5) is 0 Å². The first-order valence-electron chi connectivity index (χ1n) is 39.0. The van der Waals surface area contributed by atoms with Gasteiger partial charge in [-0.05, 0) is 185 Å². The second-order valence-electron chi connectivity index (χ2n) is 29.1. The van der Waals surface area contributed by atoms with Crippen molar-refractivity contribution in [1.29, 1.82) is 0 Å². The van der Waals surface area contributed by atoms with Crippen LogP contribution in [0.15, 0.2) is 23.8 Å². The SMILES string of the molecule is CC/C=C/C(CC)(CC(CC(CC)(CCC(SC(C)=O)C(CC)(CC(/C=C(\CC)C(CC)CCC)CC(CC(C)C(SC(C)=O)C(CC)C(CC)CCC)CC(CC)(SC(C)=O)C(CC)CCC)C(CC)CCC)C(CC)CCC)SC(C)=O)C(CC)CCC. The second-order valence-corrected chi connectivity index (χ2v) is 34.9. The van der Waals surface area contributed by atoms with E-state index in [9.17, 15) is 19.2 Å². The van der Waals surface area contributed by atoms with E-state index in [4.69, 9.17) is 0 Å². The highest BCUT2D eigenvalue weighted by Gasteiger charge is 2.49. The average molecular weight is 1330 g/mol. The fourth-order valence-corrected chi connectivity index (χ4v) is 24.5. The molecule has 0 amide bonds. The predicted octanol–water partition coefficient (Wildman–Crippen LogP) is 27.8. The molecule has 0 bridgehead atoms. The lowest BCUT2D eigenvalue weighted by molar-refractivity contribution is -0.110. The van der Waals surface area contributed by atoms with E-state index in [1.807, 2.05) is 27.7 Å². The quantitative estimate of drug-likeness (QED) is 0.0558. The molecule has 0 saturated carbocycles.